The van der Waals surface area contributed by atoms with Gasteiger partial charge in [-0.15, -0.1) is 12.4 Å². The summed E-state index contributed by atoms with van der Waals surface area (Å²) in [5.41, 5.74) is 1.99. The van der Waals surface area contributed by atoms with Gasteiger partial charge in [0.15, 0.2) is 11.5 Å². The van der Waals surface area contributed by atoms with Crippen LogP contribution in [-0.2, 0) is 11.2 Å². The second-order valence-corrected chi connectivity index (χ2v) is 5.59. The quantitative estimate of drug-likeness (QED) is 0.915. The van der Waals surface area contributed by atoms with Crippen LogP contribution < -0.4 is 10.6 Å². The zero-order valence-corrected chi connectivity index (χ0v) is 13.0. The molecule has 21 heavy (non-hydrogen) atoms. The van der Waals surface area contributed by atoms with Gasteiger partial charge in [-0.3, -0.25) is 4.79 Å². The molecule has 1 aromatic heterocycles. The molecule has 0 radical (unpaired) electrons. The molecule has 0 spiro atoms. The smallest absolute Gasteiger partial charge is 0.231 e. The predicted molar refractivity (Wildman–Crippen MR) is 84.9 cm³/mol. The third-order valence-electron chi connectivity index (χ3n) is 3.91. The van der Waals surface area contributed by atoms with Gasteiger partial charge in [0.05, 0.1) is 5.41 Å². The van der Waals surface area contributed by atoms with Crippen LogP contribution in [0.5, 0.6) is 0 Å². The van der Waals surface area contributed by atoms with Crippen LogP contribution in [0.3, 0.4) is 0 Å². The van der Waals surface area contributed by atoms with Crippen molar-refractivity contribution in [3.63, 3.8) is 0 Å². The number of hydrogen-bond acceptors (Lipinski definition) is 4. The first kappa shape index (κ1) is 15.8. The molecule has 2 N–H and O–H groups in total. The van der Waals surface area contributed by atoms with E-state index in [0.717, 1.165) is 48.6 Å². The number of carbonyl (C=O) groups is 1. The summed E-state index contributed by atoms with van der Waals surface area (Å²) in [4.78, 5) is 16.7. The molecule has 1 saturated heterocycles. The standard InChI is InChI=1S/C15H19N3O2.ClH/c1-3-13-18-11-8-10(4-5-12(11)20-13)17-14(19)15(2)6-7-16-9-15;/h4-5,8,16H,3,6-7,9H2,1-2H3,(H,17,19);1H. The van der Waals surface area contributed by atoms with E-state index in [2.05, 4.69) is 15.6 Å². The molecule has 2 aromatic rings. The molecular weight excluding hydrogens is 290 g/mol. The van der Waals surface area contributed by atoms with E-state index in [1.165, 1.54) is 0 Å². The van der Waals surface area contributed by atoms with Crippen molar-refractivity contribution in [3.05, 3.63) is 24.1 Å². The minimum absolute atomic E-state index is 0. The number of anilines is 1. The molecule has 1 atom stereocenters. The summed E-state index contributed by atoms with van der Waals surface area (Å²) in [5, 5.41) is 6.22. The Balaban J connectivity index is 0.00000161. The summed E-state index contributed by atoms with van der Waals surface area (Å²) in [6, 6.07) is 5.57. The van der Waals surface area contributed by atoms with Gasteiger partial charge in [0.2, 0.25) is 5.91 Å². The summed E-state index contributed by atoms with van der Waals surface area (Å²) >= 11 is 0. The minimum Gasteiger partial charge on any atom is -0.441 e. The van der Waals surface area contributed by atoms with Crippen LogP contribution in [0.4, 0.5) is 5.69 Å². The van der Waals surface area contributed by atoms with Crippen LogP contribution >= 0.6 is 12.4 Å². The topological polar surface area (TPSA) is 67.2 Å². The molecule has 3 rings (SSSR count). The van der Waals surface area contributed by atoms with E-state index in [0.29, 0.717) is 0 Å². The third kappa shape index (κ3) is 3.04. The average Bonchev–Trinajstić information content (AvgIpc) is 3.05. The molecule has 114 valence electrons. The number of oxazole rings is 1. The number of halogens is 1. The molecular formula is C15H20ClN3O2. The van der Waals surface area contributed by atoms with Gasteiger partial charge < -0.3 is 15.1 Å². The molecule has 5 nitrogen and oxygen atoms in total. The van der Waals surface area contributed by atoms with E-state index < -0.39 is 0 Å². The molecule has 0 saturated carbocycles. The fourth-order valence-corrected chi connectivity index (χ4v) is 2.50. The maximum atomic E-state index is 12.3. The number of amides is 1. The van der Waals surface area contributed by atoms with Gasteiger partial charge in [0.1, 0.15) is 5.52 Å². The normalized spacial score (nSPS) is 21.2. The second kappa shape index (κ2) is 6.03. The number of nitrogens with zero attached hydrogens (tertiary/aromatic N) is 1. The molecule has 1 aliphatic heterocycles. The lowest BCUT2D eigenvalue weighted by molar-refractivity contribution is -0.123. The van der Waals surface area contributed by atoms with Crippen molar-refractivity contribution in [2.24, 2.45) is 5.41 Å². The van der Waals surface area contributed by atoms with E-state index in [1.807, 2.05) is 32.0 Å². The number of fused-ring (bicyclic) bond motifs is 1. The summed E-state index contributed by atoms with van der Waals surface area (Å²) in [6.45, 7) is 5.62. The summed E-state index contributed by atoms with van der Waals surface area (Å²) in [7, 11) is 0. The number of carbonyl (C=O) groups excluding carboxylic acids is 1. The van der Waals surface area contributed by atoms with Gasteiger partial charge in [-0.1, -0.05) is 6.92 Å². The zero-order valence-electron chi connectivity index (χ0n) is 12.2. The number of benzene rings is 1. The highest BCUT2D eigenvalue weighted by Gasteiger charge is 2.36. The van der Waals surface area contributed by atoms with Gasteiger partial charge >= 0.3 is 0 Å². The second-order valence-electron chi connectivity index (χ2n) is 5.59. The Morgan fingerprint density at radius 1 is 1.52 bits per heavy atom. The molecule has 1 fully saturated rings. The summed E-state index contributed by atoms with van der Waals surface area (Å²) in [6.07, 6.45) is 1.63. The first-order valence-corrected chi connectivity index (χ1v) is 7.02. The molecule has 1 unspecified atom stereocenters. The van der Waals surface area contributed by atoms with Gasteiger partial charge in [-0.25, -0.2) is 4.98 Å². The van der Waals surface area contributed by atoms with Gasteiger partial charge in [-0.05, 0) is 38.1 Å². The maximum Gasteiger partial charge on any atom is 0.231 e. The third-order valence-corrected chi connectivity index (χ3v) is 3.91. The Morgan fingerprint density at radius 2 is 2.33 bits per heavy atom. The number of aryl methyl sites for hydroxylation is 1. The number of rotatable bonds is 3. The van der Waals surface area contributed by atoms with Gasteiger partial charge in [0.25, 0.3) is 0 Å². The van der Waals surface area contributed by atoms with Crippen molar-refractivity contribution in [2.75, 3.05) is 18.4 Å². The Labute approximate surface area is 129 Å². The van der Waals surface area contributed by atoms with Crippen LogP contribution in [0.2, 0.25) is 0 Å². The summed E-state index contributed by atoms with van der Waals surface area (Å²) in [5.74, 6) is 0.775. The summed E-state index contributed by atoms with van der Waals surface area (Å²) < 4.78 is 5.56. The number of hydrogen-bond donors (Lipinski definition) is 2. The van der Waals surface area contributed by atoms with Crippen molar-refractivity contribution in [3.8, 4) is 0 Å². The fraction of sp³-hybridized carbons (Fsp3) is 0.467. The van der Waals surface area contributed by atoms with E-state index in [-0.39, 0.29) is 23.7 Å². The highest BCUT2D eigenvalue weighted by atomic mass is 35.5. The van der Waals surface area contributed by atoms with Crippen molar-refractivity contribution < 1.29 is 9.21 Å². The molecule has 1 amide bonds. The zero-order chi connectivity index (χ0) is 14.2. The van der Waals surface area contributed by atoms with Crippen molar-refractivity contribution in [1.29, 1.82) is 0 Å². The molecule has 2 heterocycles. The SMILES string of the molecule is CCc1nc2cc(NC(=O)C3(C)CCNC3)ccc2o1.Cl. The van der Waals surface area contributed by atoms with Crippen LogP contribution in [0.15, 0.2) is 22.6 Å². The largest absolute Gasteiger partial charge is 0.441 e. The Hall–Kier alpha value is -1.59. The van der Waals surface area contributed by atoms with Gasteiger partial charge in [-0.2, -0.15) is 0 Å². The van der Waals surface area contributed by atoms with Crippen molar-refractivity contribution >= 4 is 35.1 Å². The lowest BCUT2D eigenvalue weighted by atomic mass is 9.89. The van der Waals surface area contributed by atoms with E-state index >= 15 is 0 Å². The average molecular weight is 310 g/mol. The van der Waals surface area contributed by atoms with E-state index in [1.54, 1.807) is 0 Å². The van der Waals surface area contributed by atoms with Crippen LogP contribution in [0, 0.1) is 5.41 Å². The van der Waals surface area contributed by atoms with Crippen LogP contribution in [-0.4, -0.2) is 24.0 Å². The van der Waals surface area contributed by atoms with Crippen LogP contribution in [0.25, 0.3) is 11.1 Å². The number of nitrogens with one attached hydrogen (secondary N) is 2. The lowest BCUT2D eigenvalue weighted by Crippen LogP contribution is -2.35. The molecule has 0 aliphatic carbocycles. The molecule has 1 aromatic carbocycles. The van der Waals surface area contributed by atoms with Crippen LogP contribution in [0.1, 0.15) is 26.2 Å². The van der Waals surface area contributed by atoms with Crippen molar-refractivity contribution in [1.82, 2.24) is 10.3 Å². The Bertz CT molecular complexity index is 647. The molecule has 0 bridgehead atoms. The van der Waals surface area contributed by atoms with Gasteiger partial charge in [0, 0.05) is 18.7 Å². The Kier molecular flexibility index (Phi) is 4.54. The first-order chi connectivity index (χ1) is 9.60. The monoisotopic (exact) mass is 309 g/mol. The minimum atomic E-state index is -0.326. The predicted octanol–water partition coefficient (Wildman–Crippen LogP) is 2.75. The first-order valence-electron chi connectivity index (χ1n) is 7.02. The molecule has 6 heteroatoms. The molecule has 1 aliphatic rings. The highest BCUT2D eigenvalue weighted by Crippen LogP contribution is 2.27. The van der Waals surface area contributed by atoms with Crippen molar-refractivity contribution in [2.45, 2.75) is 26.7 Å². The Morgan fingerprint density at radius 3 is 3.00 bits per heavy atom. The van der Waals surface area contributed by atoms with E-state index in [4.69, 9.17) is 4.42 Å². The number of aromatic nitrogens is 1. The lowest BCUT2D eigenvalue weighted by Gasteiger charge is -2.21. The van der Waals surface area contributed by atoms with E-state index in [9.17, 15) is 4.79 Å². The fourth-order valence-electron chi connectivity index (χ4n) is 2.50. The highest BCUT2D eigenvalue weighted by molar-refractivity contribution is 5.96. The maximum absolute atomic E-state index is 12.3.